The van der Waals surface area contributed by atoms with Gasteiger partial charge in [-0.1, -0.05) is 12.1 Å². The lowest BCUT2D eigenvalue weighted by Gasteiger charge is -2.12. The normalized spacial score (nSPS) is 12.5. The SMILES string of the molecule is Cc1cc(C(C)N)ccc1OCCCCO. The number of benzene rings is 1. The van der Waals surface area contributed by atoms with Crippen molar-refractivity contribution in [1.29, 1.82) is 0 Å². The zero-order chi connectivity index (χ0) is 12.0. The van der Waals surface area contributed by atoms with Gasteiger partial charge in [0.2, 0.25) is 0 Å². The van der Waals surface area contributed by atoms with Crippen LogP contribution < -0.4 is 10.5 Å². The molecule has 0 radical (unpaired) electrons. The molecule has 0 amide bonds. The molecule has 1 aromatic carbocycles. The monoisotopic (exact) mass is 223 g/mol. The molecule has 0 fully saturated rings. The summed E-state index contributed by atoms with van der Waals surface area (Å²) in [7, 11) is 0. The molecule has 0 aliphatic heterocycles. The zero-order valence-corrected chi connectivity index (χ0v) is 10.1. The molecule has 0 aliphatic rings. The van der Waals surface area contributed by atoms with Crippen LogP contribution >= 0.6 is 0 Å². The van der Waals surface area contributed by atoms with Gasteiger partial charge in [-0.2, -0.15) is 0 Å². The Morgan fingerprint density at radius 1 is 1.38 bits per heavy atom. The van der Waals surface area contributed by atoms with Crippen LogP contribution in [0.25, 0.3) is 0 Å². The summed E-state index contributed by atoms with van der Waals surface area (Å²) in [5.74, 6) is 0.905. The van der Waals surface area contributed by atoms with Gasteiger partial charge in [-0.25, -0.2) is 0 Å². The summed E-state index contributed by atoms with van der Waals surface area (Å²) in [6, 6.07) is 6.08. The van der Waals surface area contributed by atoms with Crippen LogP contribution in [0, 0.1) is 6.92 Å². The molecule has 0 aromatic heterocycles. The third-order valence-electron chi connectivity index (χ3n) is 2.53. The van der Waals surface area contributed by atoms with E-state index in [1.54, 1.807) is 0 Å². The molecular formula is C13H21NO2. The largest absolute Gasteiger partial charge is 0.493 e. The van der Waals surface area contributed by atoms with E-state index in [1.807, 2.05) is 26.0 Å². The molecule has 3 heteroatoms. The number of hydrogen-bond donors (Lipinski definition) is 2. The fourth-order valence-electron chi connectivity index (χ4n) is 1.51. The van der Waals surface area contributed by atoms with Crippen LogP contribution in [0.2, 0.25) is 0 Å². The fourth-order valence-corrected chi connectivity index (χ4v) is 1.51. The van der Waals surface area contributed by atoms with Gasteiger partial charge in [0.15, 0.2) is 0 Å². The number of nitrogens with two attached hydrogens (primary N) is 1. The second kappa shape index (κ2) is 6.51. The van der Waals surface area contributed by atoms with Gasteiger partial charge in [0.05, 0.1) is 6.61 Å². The van der Waals surface area contributed by atoms with Gasteiger partial charge >= 0.3 is 0 Å². The van der Waals surface area contributed by atoms with Crippen LogP contribution in [0.4, 0.5) is 0 Å². The quantitative estimate of drug-likeness (QED) is 0.727. The first-order valence-corrected chi connectivity index (χ1v) is 5.75. The van der Waals surface area contributed by atoms with Crippen molar-refractivity contribution in [2.24, 2.45) is 5.73 Å². The maximum atomic E-state index is 8.65. The summed E-state index contributed by atoms with van der Waals surface area (Å²) >= 11 is 0. The van der Waals surface area contributed by atoms with Crippen molar-refractivity contribution in [3.8, 4) is 5.75 Å². The number of aryl methyl sites for hydroxylation is 1. The van der Waals surface area contributed by atoms with Gasteiger partial charge < -0.3 is 15.6 Å². The van der Waals surface area contributed by atoms with E-state index >= 15 is 0 Å². The lowest BCUT2D eigenvalue weighted by atomic mass is 10.1. The first-order valence-electron chi connectivity index (χ1n) is 5.75. The Bertz CT molecular complexity index is 324. The van der Waals surface area contributed by atoms with Crippen molar-refractivity contribution in [3.63, 3.8) is 0 Å². The molecule has 1 aromatic rings. The summed E-state index contributed by atoms with van der Waals surface area (Å²) in [4.78, 5) is 0. The van der Waals surface area contributed by atoms with Gasteiger partial charge in [-0.3, -0.25) is 0 Å². The van der Waals surface area contributed by atoms with Crippen LogP contribution in [-0.2, 0) is 0 Å². The molecule has 0 heterocycles. The van der Waals surface area contributed by atoms with E-state index in [1.165, 1.54) is 0 Å². The Labute approximate surface area is 97.2 Å². The van der Waals surface area contributed by atoms with Crippen molar-refractivity contribution < 1.29 is 9.84 Å². The lowest BCUT2D eigenvalue weighted by Crippen LogP contribution is -2.06. The predicted octanol–water partition coefficient (Wildman–Crippen LogP) is 2.17. The van der Waals surface area contributed by atoms with Crippen LogP contribution in [0.15, 0.2) is 18.2 Å². The first-order chi connectivity index (χ1) is 7.65. The Kier molecular flexibility index (Phi) is 5.29. The summed E-state index contributed by atoms with van der Waals surface area (Å²) in [6.45, 7) is 4.87. The van der Waals surface area contributed by atoms with Crippen LogP contribution in [0.3, 0.4) is 0 Å². The zero-order valence-electron chi connectivity index (χ0n) is 10.1. The second-order valence-corrected chi connectivity index (χ2v) is 4.09. The Morgan fingerprint density at radius 3 is 2.69 bits per heavy atom. The summed E-state index contributed by atoms with van der Waals surface area (Å²) < 4.78 is 5.62. The Hall–Kier alpha value is -1.06. The number of aliphatic hydroxyl groups is 1. The molecule has 1 unspecified atom stereocenters. The Morgan fingerprint density at radius 2 is 2.12 bits per heavy atom. The highest BCUT2D eigenvalue weighted by atomic mass is 16.5. The highest BCUT2D eigenvalue weighted by Crippen LogP contribution is 2.21. The maximum absolute atomic E-state index is 8.65. The number of ether oxygens (including phenoxy) is 1. The van der Waals surface area contributed by atoms with Gasteiger partial charge in [0.1, 0.15) is 5.75 Å². The maximum Gasteiger partial charge on any atom is 0.122 e. The molecule has 16 heavy (non-hydrogen) atoms. The molecule has 0 bridgehead atoms. The van der Waals surface area contributed by atoms with Crippen molar-refractivity contribution in [2.75, 3.05) is 13.2 Å². The van der Waals surface area contributed by atoms with E-state index in [9.17, 15) is 0 Å². The Balaban J connectivity index is 2.54. The van der Waals surface area contributed by atoms with Crippen LogP contribution in [0.5, 0.6) is 5.75 Å². The summed E-state index contributed by atoms with van der Waals surface area (Å²) in [6.07, 6.45) is 1.67. The molecule has 0 saturated heterocycles. The van der Waals surface area contributed by atoms with Crippen molar-refractivity contribution in [1.82, 2.24) is 0 Å². The lowest BCUT2D eigenvalue weighted by molar-refractivity contribution is 0.252. The number of unbranched alkanes of at least 4 members (excludes halogenated alkanes) is 1. The first kappa shape index (κ1) is 13.0. The minimum absolute atomic E-state index is 0.0575. The standard InChI is InChI=1S/C13H21NO2/c1-10-9-12(11(2)14)5-6-13(10)16-8-4-3-7-15/h5-6,9,11,15H,3-4,7-8,14H2,1-2H3. The number of hydrogen-bond acceptors (Lipinski definition) is 3. The van der Waals surface area contributed by atoms with E-state index in [2.05, 4.69) is 6.07 Å². The van der Waals surface area contributed by atoms with Crippen molar-refractivity contribution in [3.05, 3.63) is 29.3 Å². The smallest absolute Gasteiger partial charge is 0.122 e. The summed E-state index contributed by atoms with van der Waals surface area (Å²) in [5.41, 5.74) is 8.04. The van der Waals surface area contributed by atoms with Crippen molar-refractivity contribution in [2.45, 2.75) is 32.7 Å². The van der Waals surface area contributed by atoms with E-state index in [4.69, 9.17) is 15.6 Å². The third kappa shape index (κ3) is 3.83. The molecule has 0 spiro atoms. The van der Waals surface area contributed by atoms with Crippen LogP contribution in [0.1, 0.15) is 36.9 Å². The molecule has 0 saturated carbocycles. The van der Waals surface area contributed by atoms with E-state index in [0.717, 1.165) is 29.7 Å². The molecule has 1 rings (SSSR count). The van der Waals surface area contributed by atoms with Gasteiger partial charge in [-0.05, 0) is 43.9 Å². The second-order valence-electron chi connectivity index (χ2n) is 4.09. The minimum Gasteiger partial charge on any atom is -0.493 e. The van der Waals surface area contributed by atoms with Gasteiger partial charge in [-0.15, -0.1) is 0 Å². The minimum atomic E-state index is 0.0575. The topological polar surface area (TPSA) is 55.5 Å². The average molecular weight is 223 g/mol. The molecule has 3 nitrogen and oxygen atoms in total. The van der Waals surface area contributed by atoms with E-state index in [0.29, 0.717) is 6.61 Å². The molecule has 3 N–H and O–H groups in total. The summed E-state index contributed by atoms with van der Waals surface area (Å²) in [5, 5.41) is 8.65. The predicted molar refractivity (Wildman–Crippen MR) is 65.6 cm³/mol. The average Bonchev–Trinajstić information content (AvgIpc) is 2.26. The van der Waals surface area contributed by atoms with Crippen LogP contribution in [-0.4, -0.2) is 18.3 Å². The molecule has 90 valence electrons. The molecule has 1 atom stereocenters. The van der Waals surface area contributed by atoms with Gasteiger partial charge in [0, 0.05) is 12.6 Å². The van der Waals surface area contributed by atoms with E-state index in [-0.39, 0.29) is 12.6 Å². The number of aliphatic hydroxyl groups excluding tert-OH is 1. The van der Waals surface area contributed by atoms with Gasteiger partial charge in [0.25, 0.3) is 0 Å². The fraction of sp³-hybridized carbons (Fsp3) is 0.538. The third-order valence-corrected chi connectivity index (χ3v) is 2.53. The van der Waals surface area contributed by atoms with E-state index < -0.39 is 0 Å². The number of rotatable bonds is 6. The van der Waals surface area contributed by atoms with Crippen molar-refractivity contribution >= 4 is 0 Å². The molecule has 0 aliphatic carbocycles. The highest BCUT2D eigenvalue weighted by molar-refractivity contribution is 5.37. The molecular weight excluding hydrogens is 202 g/mol. The highest BCUT2D eigenvalue weighted by Gasteiger charge is 2.03.